The van der Waals surface area contributed by atoms with Crippen molar-refractivity contribution in [2.24, 2.45) is 11.1 Å². The zero-order valence-electron chi connectivity index (χ0n) is 11.2. The summed E-state index contributed by atoms with van der Waals surface area (Å²) >= 11 is 0. The first-order valence-electron chi connectivity index (χ1n) is 5.41. The maximum Gasteiger partial charge on any atom is 0.333 e. The predicted molar refractivity (Wildman–Crippen MR) is 68.3 cm³/mol. The van der Waals surface area contributed by atoms with E-state index >= 15 is 0 Å². The summed E-state index contributed by atoms with van der Waals surface area (Å²) < 4.78 is 36.4. The summed E-state index contributed by atoms with van der Waals surface area (Å²) in [6.07, 6.45) is 0.193. The molecule has 0 aromatic carbocycles. The SMILES string of the molecule is C=C(C)C(=O)OCCC(C)(C)C(C)(N)S(=O)(=O)O. The van der Waals surface area contributed by atoms with Crippen LogP contribution in [0.25, 0.3) is 0 Å². The fourth-order valence-corrected chi connectivity index (χ4v) is 1.92. The topological polar surface area (TPSA) is 107 Å². The van der Waals surface area contributed by atoms with Gasteiger partial charge in [0.05, 0.1) is 6.61 Å². The van der Waals surface area contributed by atoms with Crippen LogP contribution in [0.4, 0.5) is 0 Å². The molecule has 0 radical (unpaired) electrons. The molecule has 0 bridgehead atoms. The van der Waals surface area contributed by atoms with Gasteiger partial charge in [-0.1, -0.05) is 20.4 Å². The molecule has 1 atom stereocenters. The van der Waals surface area contributed by atoms with Crippen LogP contribution in [0.5, 0.6) is 0 Å². The van der Waals surface area contributed by atoms with E-state index in [2.05, 4.69) is 6.58 Å². The van der Waals surface area contributed by atoms with E-state index in [9.17, 15) is 13.2 Å². The largest absolute Gasteiger partial charge is 0.462 e. The Balaban J connectivity index is 4.69. The Morgan fingerprint density at radius 2 is 1.83 bits per heavy atom. The number of carbonyl (C=O) groups excluding carboxylic acids is 1. The molecule has 0 saturated carbocycles. The molecule has 0 amide bonds. The molecule has 6 nitrogen and oxygen atoms in total. The van der Waals surface area contributed by atoms with Crippen LogP contribution in [0.3, 0.4) is 0 Å². The average Bonchev–Trinajstić information content (AvgIpc) is 2.14. The summed E-state index contributed by atoms with van der Waals surface area (Å²) in [5.74, 6) is -0.545. The van der Waals surface area contributed by atoms with Crippen LogP contribution in [-0.2, 0) is 19.6 Å². The molecule has 106 valence electrons. The van der Waals surface area contributed by atoms with Gasteiger partial charge in [-0.05, 0) is 20.3 Å². The molecule has 18 heavy (non-hydrogen) atoms. The molecule has 0 rings (SSSR count). The third-order valence-electron chi connectivity index (χ3n) is 3.19. The summed E-state index contributed by atoms with van der Waals surface area (Å²) in [5, 5.41) is 0. The normalized spacial score (nSPS) is 15.9. The minimum Gasteiger partial charge on any atom is -0.462 e. The second kappa shape index (κ2) is 5.38. The van der Waals surface area contributed by atoms with Crippen LogP contribution >= 0.6 is 0 Å². The van der Waals surface area contributed by atoms with E-state index in [1.165, 1.54) is 13.8 Å². The fourth-order valence-electron chi connectivity index (χ4n) is 1.12. The highest BCUT2D eigenvalue weighted by molar-refractivity contribution is 7.87. The summed E-state index contributed by atoms with van der Waals surface area (Å²) in [5.41, 5.74) is 4.95. The van der Waals surface area contributed by atoms with Crippen molar-refractivity contribution >= 4 is 16.1 Å². The van der Waals surface area contributed by atoms with Gasteiger partial charge in [0.2, 0.25) is 0 Å². The van der Waals surface area contributed by atoms with Crippen molar-refractivity contribution in [3.63, 3.8) is 0 Å². The van der Waals surface area contributed by atoms with Crippen molar-refractivity contribution in [1.82, 2.24) is 0 Å². The monoisotopic (exact) mass is 279 g/mol. The minimum atomic E-state index is -4.41. The van der Waals surface area contributed by atoms with E-state index in [1.54, 1.807) is 13.8 Å². The van der Waals surface area contributed by atoms with Crippen molar-refractivity contribution in [3.8, 4) is 0 Å². The quantitative estimate of drug-likeness (QED) is 0.428. The first kappa shape index (κ1) is 17.1. The summed E-state index contributed by atoms with van der Waals surface area (Å²) in [7, 11) is -4.41. The van der Waals surface area contributed by atoms with E-state index in [1.807, 2.05) is 0 Å². The lowest BCUT2D eigenvalue weighted by Gasteiger charge is -2.38. The molecule has 0 aliphatic carbocycles. The molecule has 0 aliphatic rings. The average molecular weight is 279 g/mol. The van der Waals surface area contributed by atoms with Gasteiger partial charge in [-0.15, -0.1) is 0 Å². The molecular weight excluding hydrogens is 258 g/mol. The van der Waals surface area contributed by atoms with Gasteiger partial charge in [-0.25, -0.2) is 4.79 Å². The van der Waals surface area contributed by atoms with Gasteiger partial charge in [0.15, 0.2) is 0 Å². The van der Waals surface area contributed by atoms with Gasteiger partial charge < -0.3 is 10.5 Å². The summed E-state index contributed by atoms with van der Waals surface area (Å²) in [6, 6.07) is 0. The van der Waals surface area contributed by atoms with Crippen LogP contribution in [0, 0.1) is 5.41 Å². The number of rotatable bonds is 6. The van der Waals surface area contributed by atoms with Gasteiger partial charge in [-0.3, -0.25) is 4.55 Å². The van der Waals surface area contributed by atoms with Crippen LogP contribution in [0.2, 0.25) is 0 Å². The van der Waals surface area contributed by atoms with Gasteiger partial charge in [0.1, 0.15) is 4.87 Å². The second-order valence-corrected chi connectivity index (χ2v) is 6.93. The van der Waals surface area contributed by atoms with E-state index in [0.29, 0.717) is 0 Å². The van der Waals surface area contributed by atoms with Crippen molar-refractivity contribution < 1.29 is 22.5 Å². The Morgan fingerprint density at radius 3 is 2.17 bits per heavy atom. The van der Waals surface area contributed by atoms with Crippen molar-refractivity contribution in [1.29, 1.82) is 0 Å². The van der Waals surface area contributed by atoms with Gasteiger partial charge in [0.25, 0.3) is 10.1 Å². The van der Waals surface area contributed by atoms with E-state index < -0.39 is 26.4 Å². The highest BCUT2D eigenvalue weighted by Crippen LogP contribution is 2.35. The summed E-state index contributed by atoms with van der Waals surface area (Å²) in [4.78, 5) is 9.33. The number of hydrogen-bond donors (Lipinski definition) is 2. The van der Waals surface area contributed by atoms with E-state index in [4.69, 9.17) is 15.0 Å². The third kappa shape index (κ3) is 3.79. The van der Waals surface area contributed by atoms with E-state index in [-0.39, 0.29) is 18.6 Å². The molecule has 3 N–H and O–H groups in total. The number of nitrogens with two attached hydrogens (primary N) is 1. The molecule has 0 heterocycles. The Kier molecular flexibility index (Phi) is 5.10. The Labute approximate surface area is 108 Å². The highest BCUT2D eigenvalue weighted by Gasteiger charge is 2.47. The molecule has 0 saturated heterocycles. The van der Waals surface area contributed by atoms with Crippen molar-refractivity contribution in [3.05, 3.63) is 12.2 Å². The molecular formula is C11H21NO5S. The minimum absolute atomic E-state index is 0.000995. The van der Waals surface area contributed by atoms with Gasteiger partial charge in [0, 0.05) is 11.0 Å². The first-order valence-corrected chi connectivity index (χ1v) is 6.85. The fraction of sp³-hybridized carbons (Fsp3) is 0.727. The zero-order chi connectivity index (χ0) is 14.8. The first-order chi connectivity index (χ1) is 7.83. The lowest BCUT2D eigenvalue weighted by Crippen LogP contribution is -2.56. The lowest BCUT2D eigenvalue weighted by molar-refractivity contribution is -0.139. The number of carbonyl (C=O) groups is 1. The van der Waals surface area contributed by atoms with Crippen LogP contribution in [0.1, 0.15) is 34.1 Å². The van der Waals surface area contributed by atoms with Crippen LogP contribution < -0.4 is 5.73 Å². The Morgan fingerprint density at radius 1 is 1.39 bits per heavy atom. The van der Waals surface area contributed by atoms with Gasteiger partial charge >= 0.3 is 5.97 Å². The standard InChI is InChI=1S/C11H21NO5S/c1-8(2)9(13)17-7-6-10(3,4)11(5,12)18(14,15)16/h1,6-7,12H2,2-5H3,(H,14,15,16). The Hall–Kier alpha value is -0.920. The molecule has 0 aromatic rings. The molecule has 7 heteroatoms. The maximum atomic E-state index is 11.2. The zero-order valence-corrected chi connectivity index (χ0v) is 12.0. The third-order valence-corrected chi connectivity index (χ3v) is 4.81. The lowest BCUT2D eigenvalue weighted by atomic mass is 9.82. The van der Waals surface area contributed by atoms with Gasteiger partial charge in [-0.2, -0.15) is 8.42 Å². The van der Waals surface area contributed by atoms with Crippen molar-refractivity contribution in [2.45, 2.75) is 39.0 Å². The molecule has 0 fully saturated rings. The molecule has 1 unspecified atom stereocenters. The predicted octanol–water partition coefficient (Wildman–Crippen LogP) is 1.08. The maximum absolute atomic E-state index is 11.2. The second-order valence-electron chi connectivity index (χ2n) is 5.13. The molecule has 0 aromatic heterocycles. The highest BCUT2D eigenvalue weighted by atomic mass is 32.2. The smallest absolute Gasteiger partial charge is 0.333 e. The Bertz CT molecular complexity index is 436. The number of ether oxygens (including phenoxy) is 1. The van der Waals surface area contributed by atoms with Crippen LogP contribution in [0.15, 0.2) is 12.2 Å². The number of hydrogen-bond acceptors (Lipinski definition) is 5. The van der Waals surface area contributed by atoms with Crippen LogP contribution in [-0.4, -0.2) is 30.4 Å². The molecule has 0 spiro atoms. The van der Waals surface area contributed by atoms with Crippen molar-refractivity contribution in [2.75, 3.05) is 6.61 Å². The van der Waals surface area contributed by atoms with E-state index in [0.717, 1.165) is 0 Å². The number of esters is 1. The molecule has 0 aliphatic heterocycles. The summed E-state index contributed by atoms with van der Waals surface area (Å²) in [6.45, 7) is 9.32.